The van der Waals surface area contributed by atoms with Gasteiger partial charge in [0.25, 0.3) is 0 Å². The summed E-state index contributed by atoms with van der Waals surface area (Å²) < 4.78 is 10.7. The molecule has 1 aromatic carbocycles. The van der Waals surface area contributed by atoms with Crippen molar-refractivity contribution >= 4 is 23.4 Å². The van der Waals surface area contributed by atoms with E-state index in [-0.39, 0.29) is 30.4 Å². The van der Waals surface area contributed by atoms with Crippen LogP contribution in [0.4, 0.5) is 5.69 Å². The van der Waals surface area contributed by atoms with E-state index in [2.05, 4.69) is 5.32 Å². The Balaban J connectivity index is 1.13. The molecule has 2 saturated heterocycles. The normalized spacial score (nSPS) is 27.1. The zero-order chi connectivity index (χ0) is 20.7. The number of hydrogen-bond acceptors (Lipinski definition) is 5. The molecule has 8 heteroatoms. The first-order valence-electron chi connectivity index (χ1n) is 10.9. The summed E-state index contributed by atoms with van der Waals surface area (Å²) in [5.41, 5.74) is 0.299. The minimum absolute atomic E-state index is 0.00569. The number of nitrogens with one attached hydrogen (secondary N) is 2. The molecule has 1 spiro atoms. The van der Waals surface area contributed by atoms with Gasteiger partial charge in [0, 0.05) is 36.9 Å². The van der Waals surface area contributed by atoms with Crippen LogP contribution in [0.2, 0.25) is 0 Å². The number of imide groups is 1. The molecule has 3 aliphatic heterocycles. The summed E-state index contributed by atoms with van der Waals surface area (Å²) >= 11 is 0. The first kappa shape index (κ1) is 19.4. The second kappa shape index (κ2) is 7.58. The van der Waals surface area contributed by atoms with Gasteiger partial charge in [-0.2, -0.15) is 0 Å². The van der Waals surface area contributed by atoms with E-state index in [1.807, 2.05) is 6.07 Å². The van der Waals surface area contributed by atoms with Crippen LogP contribution in [0.5, 0.6) is 11.5 Å². The molecule has 1 aliphatic carbocycles. The molecule has 3 fully saturated rings. The number of quaternary nitrogens is 1. The minimum atomic E-state index is -0.403. The van der Waals surface area contributed by atoms with Crippen molar-refractivity contribution in [3.05, 3.63) is 18.2 Å². The maximum Gasteiger partial charge on any atom is 0.240 e. The van der Waals surface area contributed by atoms with Crippen LogP contribution in [0.1, 0.15) is 44.9 Å². The van der Waals surface area contributed by atoms with Crippen molar-refractivity contribution < 1.29 is 28.8 Å². The quantitative estimate of drug-likeness (QED) is 0.716. The van der Waals surface area contributed by atoms with Crippen LogP contribution in [0.25, 0.3) is 0 Å². The summed E-state index contributed by atoms with van der Waals surface area (Å²) in [7, 11) is 0. The smallest absolute Gasteiger partial charge is 0.240 e. The summed E-state index contributed by atoms with van der Waals surface area (Å²) in [6.07, 6.45) is 5.67. The summed E-state index contributed by atoms with van der Waals surface area (Å²) in [5.74, 6) is 1.30. The largest absolute Gasteiger partial charge is 0.454 e. The van der Waals surface area contributed by atoms with Crippen molar-refractivity contribution in [2.75, 3.05) is 31.9 Å². The van der Waals surface area contributed by atoms with E-state index in [9.17, 15) is 14.4 Å². The van der Waals surface area contributed by atoms with Crippen LogP contribution in [-0.2, 0) is 14.4 Å². The second-order valence-electron chi connectivity index (χ2n) is 9.03. The topological polar surface area (TPSA) is 89.4 Å². The molecule has 0 unspecified atom stereocenters. The van der Waals surface area contributed by atoms with Crippen LogP contribution in [0.15, 0.2) is 18.2 Å². The van der Waals surface area contributed by atoms with Gasteiger partial charge in [-0.1, -0.05) is 12.8 Å². The van der Waals surface area contributed by atoms with Crippen molar-refractivity contribution in [1.29, 1.82) is 0 Å². The van der Waals surface area contributed by atoms with Crippen LogP contribution in [0, 0.1) is 11.3 Å². The Labute approximate surface area is 175 Å². The molecule has 8 nitrogen and oxygen atoms in total. The number of amides is 3. The van der Waals surface area contributed by atoms with Crippen molar-refractivity contribution in [3.63, 3.8) is 0 Å². The van der Waals surface area contributed by atoms with Crippen molar-refractivity contribution in [2.45, 2.75) is 44.9 Å². The molecular formula is C22H28N3O5+. The van der Waals surface area contributed by atoms with E-state index in [0.717, 1.165) is 51.6 Å². The first-order chi connectivity index (χ1) is 14.5. The third-order valence-corrected chi connectivity index (χ3v) is 7.14. The van der Waals surface area contributed by atoms with Gasteiger partial charge in [-0.25, -0.2) is 4.90 Å². The monoisotopic (exact) mass is 414 g/mol. The number of carbonyl (C=O) groups is 3. The number of carbonyl (C=O) groups excluding carboxylic acids is 3. The number of ether oxygens (including phenoxy) is 2. The number of piperidine rings is 1. The molecular weight excluding hydrogens is 386 g/mol. The van der Waals surface area contributed by atoms with Crippen LogP contribution >= 0.6 is 0 Å². The van der Waals surface area contributed by atoms with Gasteiger partial charge in [0.05, 0.1) is 18.5 Å². The zero-order valence-electron chi connectivity index (χ0n) is 17.1. The fourth-order valence-electron chi connectivity index (χ4n) is 5.35. The van der Waals surface area contributed by atoms with Crippen molar-refractivity contribution in [3.8, 4) is 11.5 Å². The van der Waals surface area contributed by atoms with Gasteiger partial charge in [0.1, 0.15) is 0 Å². The number of anilines is 1. The van der Waals surface area contributed by atoms with Crippen molar-refractivity contribution in [2.24, 2.45) is 11.3 Å². The molecule has 160 valence electrons. The Kier molecular flexibility index (Phi) is 4.89. The lowest BCUT2D eigenvalue weighted by atomic mass is 9.85. The van der Waals surface area contributed by atoms with Gasteiger partial charge in [-0.05, 0) is 25.0 Å². The number of fused-ring (bicyclic) bond motifs is 1. The average molecular weight is 414 g/mol. The molecule has 30 heavy (non-hydrogen) atoms. The third kappa shape index (κ3) is 3.43. The van der Waals surface area contributed by atoms with Gasteiger partial charge in [-0.15, -0.1) is 0 Å². The molecule has 1 aromatic rings. The Hall–Kier alpha value is -2.61. The molecule has 2 N–H and O–H groups in total. The van der Waals surface area contributed by atoms with Gasteiger partial charge < -0.3 is 19.7 Å². The average Bonchev–Trinajstić information content (AvgIpc) is 3.45. The highest BCUT2D eigenvalue weighted by Gasteiger charge is 2.53. The summed E-state index contributed by atoms with van der Waals surface area (Å²) in [6, 6.07) is 5.39. The zero-order valence-corrected chi connectivity index (χ0v) is 17.1. The predicted octanol–water partition coefficient (Wildman–Crippen LogP) is 0.925. The third-order valence-electron chi connectivity index (χ3n) is 7.14. The minimum Gasteiger partial charge on any atom is -0.454 e. The lowest BCUT2D eigenvalue weighted by Gasteiger charge is -2.31. The number of rotatable bonds is 4. The summed E-state index contributed by atoms with van der Waals surface area (Å²) in [4.78, 5) is 40.7. The molecule has 3 amide bonds. The van der Waals surface area contributed by atoms with E-state index in [1.54, 1.807) is 12.1 Å². The fraction of sp³-hybridized carbons (Fsp3) is 0.591. The van der Waals surface area contributed by atoms with Crippen molar-refractivity contribution in [1.82, 2.24) is 4.90 Å². The van der Waals surface area contributed by atoms with E-state index >= 15 is 0 Å². The molecule has 1 saturated carbocycles. The molecule has 0 bridgehead atoms. The summed E-state index contributed by atoms with van der Waals surface area (Å²) in [5, 5.41) is 2.97. The van der Waals surface area contributed by atoms with Gasteiger partial charge in [0.2, 0.25) is 24.5 Å². The molecule has 0 aromatic heterocycles. The van der Waals surface area contributed by atoms with E-state index in [4.69, 9.17) is 9.47 Å². The Morgan fingerprint density at radius 3 is 2.63 bits per heavy atom. The molecule has 4 aliphatic rings. The summed E-state index contributed by atoms with van der Waals surface area (Å²) in [6.45, 7) is 2.21. The first-order valence-corrected chi connectivity index (χ1v) is 10.9. The maximum atomic E-state index is 12.9. The molecule has 0 radical (unpaired) electrons. The highest BCUT2D eigenvalue weighted by atomic mass is 16.7. The van der Waals surface area contributed by atoms with Gasteiger partial charge in [0.15, 0.2) is 18.2 Å². The predicted molar refractivity (Wildman–Crippen MR) is 107 cm³/mol. The van der Waals surface area contributed by atoms with Crippen LogP contribution in [0.3, 0.4) is 0 Å². The van der Waals surface area contributed by atoms with E-state index in [1.165, 1.54) is 9.80 Å². The highest BCUT2D eigenvalue weighted by molar-refractivity contribution is 6.05. The lowest BCUT2D eigenvalue weighted by Crippen LogP contribution is -3.14. The number of likely N-dealkylation sites (tertiary alicyclic amines) is 2. The fourth-order valence-corrected chi connectivity index (χ4v) is 5.35. The van der Waals surface area contributed by atoms with Gasteiger partial charge >= 0.3 is 0 Å². The Morgan fingerprint density at radius 1 is 1.13 bits per heavy atom. The number of nitrogens with zero attached hydrogens (tertiary/aromatic N) is 1. The van der Waals surface area contributed by atoms with Crippen LogP contribution < -0.4 is 19.7 Å². The van der Waals surface area contributed by atoms with E-state index in [0.29, 0.717) is 30.3 Å². The Morgan fingerprint density at radius 2 is 1.87 bits per heavy atom. The maximum absolute atomic E-state index is 12.9. The number of hydrogen-bond donors (Lipinski definition) is 2. The molecule has 0 atom stereocenters. The standard InChI is InChI=1S/C22H27N3O5/c26-19-12-22(7-1-2-8-22)21(28)25(19)13-24-9-5-15(6-10-24)20(27)23-16-3-4-17-18(11-16)30-14-29-17/h3-4,11,15H,1-2,5-10,12-14H2,(H,23,27)/p+1. The SMILES string of the molecule is O=C(Nc1ccc2c(c1)OCO2)C1CC[NH+](CN2C(=O)CC3(CCCC3)C2=O)CC1. The molecule has 3 heterocycles. The van der Waals surface area contributed by atoms with E-state index < -0.39 is 5.41 Å². The molecule has 5 rings (SSSR count). The second-order valence-corrected chi connectivity index (χ2v) is 9.03. The Bertz CT molecular complexity index is 872. The van der Waals surface area contributed by atoms with Gasteiger partial charge in [-0.3, -0.25) is 14.4 Å². The number of benzene rings is 1. The van der Waals surface area contributed by atoms with Crippen LogP contribution in [-0.4, -0.2) is 49.2 Å². The lowest BCUT2D eigenvalue weighted by molar-refractivity contribution is -0.913. The highest BCUT2D eigenvalue weighted by Crippen LogP contribution is 2.46.